The van der Waals surface area contributed by atoms with E-state index < -0.39 is 0 Å². The third kappa shape index (κ3) is 1.16. The van der Waals surface area contributed by atoms with E-state index in [-0.39, 0.29) is 0 Å². The Hall–Kier alpha value is -1.51. The molecule has 3 heteroatoms. The van der Waals surface area contributed by atoms with Crippen LogP contribution >= 0.6 is 0 Å². The highest BCUT2D eigenvalue weighted by Crippen LogP contribution is 2.25. The van der Waals surface area contributed by atoms with Crippen LogP contribution in [0.15, 0.2) is 18.3 Å². The van der Waals surface area contributed by atoms with E-state index in [0.717, 1.165) is 5.69 Å². The van der Waals surface area contributed by atoms with Crippen molar-refractivity contribution in [2.24, 2.45) is 14.1 Å². The van der Waals surface area contributed by atoms with Crippen LogP contribution in [0.4, 0.5) is 0 Å². The molecule has 2 rings (SSSR count). The molecule has 2 aromatic heterocycles. The molecule has 0 aliphatic heterocycles. The number of hydrogen-bond acceptors (Lipinski definition) is 1. The van der Waals surface area contributed by atoms with Gasteiger partial charge in [0, 0.05) is 31.5 Å². The second-order valence-corrected chi connectivity index (χ2v) is 3.67. The number of aromatic nitrogens is 3. The minimum atomic E-state index is 1.09. The SMILES string of the molecule is Cc1nn(C)c(C)c1-c1cccn1C. The maximum Gasteiger partial charge on any atom is 0.0689 e. The fourth-order valence-electron chi connectivity index (χ4n) is 1.87. The summed E-state index contributed by atoms with van der Waals surface area (Å²) in [5.74, 6) is 0. The molecule has 0 unspecified atom stereocenters. The smallest absolute Gasteiger partial charge is 0.0689 e. The van der Waals surface area contributed by atoms with Crippen LogP contribution in [-0.4, -0.2) is 14.3 Å². The lowest BCUT2D eigenvalue weighted by Crippen LogP contribution is -1.94. The van der Waals surface area contributed by atoms with Gasteiger partial charge in [0.15, 0.2) is 0 Å². The molecule has 14 heavy (non-hydrogen) atoms. The molecule has 2 heterocycles. The van der Waals surface area contributed by atoms with Crippen LogP contribution in [0.1, 0.15) is 11.4 Å². The summed E-state index contributed by atoms with van der Waals surface area (Å²) in [6.45, 7) is 4.15. The molecule has 0 spiro atoms. The van der Waals surface area contributed by atoms with Crippen LogP contribution < -0.4 is 0 Å². The summed E-state index contributed by atoms with van der Waals surface area (Å²) in [5, 5.41) is 4.41. The second-order valence-electron chi connectivity index (χ2n) is 3.67. The van der Waals surface area contributed by atoms with E-state index in [1.165, 1.54) is 17.0 Å². The molecule has 3 nitrogen and oxygen atoms in total. The van der Waals surface area contributed by atoms with E-state index in [1.54, 1.807) is 0 Å². The summed E-state index contributed by atoms with van der Waals surface area (Å²) in [7, 11) is 4.04. The third-order valence-corrected chi connectivity index (χ3v) is 2.71. The van der Waals surface area contributed by atoms with Crippen LogP contribution in [0.3, 0.4) is 0 Å². The van der Waals surface area contributed by atoms with E-state index in [9.17, 15) is 0 Å². The van der Waals surface area contributed by atoms with Gasteiger partial charge in [0.2, 0.25) is 0 Å². The molecule has 0 aliphatic rings. The first-order chi connectivity index (χ1) is 6.61. The highest BCUT2D eigenvalue weighted by molar-refractivity contribution is 5.65. The van der Waals surface area contributed by atoms with E-state index in [1.807, 2.05) is 11.7 Å². The minimum Gasteiger partial charge on any atom is -0.350 e. The molecule has 74 valence electrons. The van der Waals surface area contributed by atoms with Crippen LogP contribution in [0.5, 0.6) is 0 Å². The van der Waals surface area contributed by atoms with E-state index in [0.29, 0.717) is 0 Å². The topological polar surface area (TPSA) is 22.8 Å². The van der Waals surface area contributed by atoms with Gasteiger partial charge in [-0.2, -0.15) is 5.10 Å². The van der Waals surface area contributed by atoms with Gasteiger partial charge in [-0.15, -0.1) is 0 Å². The minimum absolute atomic E-state index is 1.09. The second kappa shape index (κ2) is 3.01. The van der Waals surface area contributed by atoms with E-state index in [4.69, 9.17) is 0 Å². The maximum atomic E-state index is 4.41. The number of nitrogens with zero attached hydrogens (tertiary/aromatic N) is 3. The lowest BCUT2D eigenvalue weighted by molar-refractivity contribution is 0.731. The number of rotatable bonds is 1. The molecule has 2 aromatic rings. The van der Waals surface area contributed by atoms with Crippen LogP contribution in [0, 0.1) is 13.8 Å². The van der Waals surface area contributed by atoms with Crippen LogP contribution in [0.25, 0.3) is 11.3 Å². The van der Waals surface area contributed by atoms with Crippen LogP contribution in [0.2, 0.25) is 0 Å². The zero-order chi connectivity index (χ0) is 10.3. The van der Waals surface area contributed by atoms with Crippen molar-refractivity contribution in [1.29, 1.82) is 0 Å². The predicted molar refractivity (Wildman–Crippen MR) is 57.1 cm³/mol. The lowest BCUT2D eigenvalue weighted by Gasteiger charge is -2.03. The Kier molecular flexibility index (Phi) is 1.95. The molecule has 0 fully saturated rings. The highest BCUT2D eigenvalue weighted by Gasteiger charge is 2.12. The van der Waals surface area contributed by atoms with Gasteiger partial charge >= 0.3 is 0 Å². The standard InChI is InChI=1S/C11H15N3/c1-8-11(9(2)14(4)12-8)10-6-5-7-13(10)3/h5-7H,1-4H3. The highest BCUT2D eigenvalue weighted by atomic mass is 15.3. The predicted octanol–water partition coefficient (Wildman–Crippen LogP) is 2.04. The van der Waals surface area contributed by atoms with Gasteiger partial charge in [-0.25, -0.2) is 0 Å². The fraction of sp³-hybridized carbons (Fsp3) is 0.364. The molecular formula is C11H15N3. The summed E-state index contributed by atoms with van der Waals surface area (Å²) in [6.07, 6.45) is 2.06. The first-order valence-electron chi connectivity index (χ1n) is 4.73. The Morgan fingerprint density at radius 2 is 1.93 bits per heavy atom. The third-order valence-electron chi connectivity index (χ3n) is 2.71. The van der Waals surface area contributed by atoms with Crippen molar-refractivity contribution in [2.45, 2.75) is 13.8 Å². The average molecular weight is 189 g/mol. The van der Waals surface area contributed by atoms with Crippen molar-refractivity contribution in [3.63, 3.8) is 0 Å². The van der Waals surface area contributed by atoms with Gasteiger partial charge in [0.1, 0.15) is 0 Å². The summed E-state index contributed by atoms with van der Waals surface area (Å²) < 4.78 is 4.05. The van der Waals surface area contributed by atoms with Crippen molar-refractivity contribution in [3.05, 3.63) is 29.7 Å². The average Bonchev–Trinajstić information content (AvgIpc) is 2.60. The van der Waals surface area contributed by atoms with Crippen molar-refractivity contribution >= 4 is 0 Å². The largest absolute Gasteiger partial charge is 0.350 e. The van der Waals surface area contributed by atoms with Crippen molar-refractivity contribution < 1.29 is 0 Å². The number of hydrogen-bond donors (Lipinski definition) is 0. The molecule has 0 saturated heterocycles. The Labute approximate surface area is 84.0 Å². The normalized spacial score (nSPS) is 10.9. The molecular weight excluding hydrogens is 174 g/mol. The van der Waals surface area contributed by atoms with Gasteiger partial charge in [0.05, 0.1) is 11.4 Å². The Morgan fingerprint density at radius 3 is 2.36 bits per heavy atom. The van der Waals surface area contributed by atoms with Crippen LogP contribution in [-0.2, 0) is 14.1 Å². The van der Waals surface area contributed by atoms with Gasteiger partial charge in [0.25, 0.3) is 0 Å². The van der Waals surface area contributed by atoms with Gasteiger partial charge in [-0.3, -0.25) is 4.68 Å². The first kappa shape index (κ1) is 9.06. The number of aryl methyl sites for hydroxylation is 3. The molecule has 0 bridgehead atoms. The van der Waals surface area contributed by atoms with Gasteiger partial charge in [-0.05, 0) is 26.0 Å². The van der Waals surface area contributed by atoms with Crippen molar-refractivity contribution in [3.8, 4) is 11.3 Å². The quantitative estimate of drug-likeness (QED) is 0.673. The zero-order valence-corrected chi connectivity index (χ0v) is 9.07. The van der Waals surface area contributed by atoms with Gasteiger partial charge < -0.3 is 4.57 Å². The van der Waals surface area contributed by atoms with E-state index in [2.05, 4.69) is 48.9 Å². The molecule has 0 aromatic carbocycles. The molecule has 0 atom stereocenters. The fourth-order valence-corrected chi connectivity index (χ4v) is 1.87. The lowest BCUT2D eigenvalue weighted by atomic mass is 10.1. The molecule has 0 amide bonds. The molecule has 0 aliphatic carbocycles. The van der Waals surface area contributed by atoms with Gasteiger partial charge in [-0.1, -0.05) is 0 Å². The van der Waals surface area contributed by atoms with E-state index >= 15 is 0 Å². The zero-order valence-electron chi connectivity index (χ0n) is 9.07. The Bertz CT molecular complexity index is 463. The summed E-state index contributed by atoms with van der Waals surface area (Å²) in [4.78, 5) is 0. The maximum absolute atomic E-state index is 4.41. The Balaban J connectivity index is 2.68. The summed E-state index contributed by atoms with van der Waals surface area (Å²) >= 11 is 0. The summed E-state index contributed by atoms with van der Waals surface area (Å²) in [6, 6.07) is 4.18. The molecule has 0 saturated carbocycles. The monoisotopic (exact) mass is 189 g/mol. The summed E-state index contributed by atoms with van der Waals surface area (Å²) in [5.41, 5.74) is 4.78. The molecule has 0 radical (unpaired) electrons. The first-order valence-corrected chi connectivity index (χ1v) is 4.73. The Morgan fingerprint density at radius 1 is 1.21 bits per heavy atom. The molecule has 0 N–H and O–H groups in total. The van der Waals surface area contributed by atoms with Crippen molar-refractivity contribution in [1.82, 2.24) is 14.3 Å². The van der Waals surface area contributed by atoms with Crippen molar-refractivity contribution in [2.75, 3.05) is 0 Å².